The number of aliphatic carboxylic acids is 1. The zero-order valence-electron chi connectivity index (χ0n) is 12.3. The van der Waals surface area contributed by atoms with Gasteiger partial charge in [-0.2, -0.15) is 0 Å². The van der Waals surface area contributed by atoms with Crippen molar-refractivity contribution in [3.05, 3.63) is 12.2 Å². The number of hydrogen-bond acceptors (Lipinski definition) is 2. The second kappa shape index (κ2) is 6.73. The molecule has 0 aliphatic heterocycles. The average Bonchev–Trinajstić information content (AvgIpc) is 2.36. The van der Waals surface area contributed by atoms with Crippen molar-refractivity contribution in [2.75, 3.05) is 7.05 Å². The van der Waals surface area contributed by atoms with E-state index in [1.54, 1.807) is 11.9 Å². The topological polar surface area (TPSA) is 57.6 Å². The first kappa shape index (κ1) is 15.7. The van der Waals surface area contributed by atoms with E-state index in [1.807, 2.05) is 19.1 Å². The summed E-state index contributed by atoms with van der Waals surface area (Å²) in [6.07, 6.45) is 5.71. The highest BCUT2D eigenvalue weighted by atomic mass is 16.4. The molecule has 1 amide bonds. The molecule has 0 spiro atoms. The van der Waals surface area contributed by atoms with E-state index < -0.39 is 17.8 Å². The summed E-state index contributed by atoms with van der Waals surface area (Å²) >= 11 is 0. The lowest BCUT2D eigenvalue weighted by molar-refractivity contribution is -0.150. The first-order valence-corrected chi connectivity index (χ1v) is 6.99. The van der Waals surface area contributed by atoms with Crippen molar-refractivity contribution in [1.29, 1.82) is 0 Å². The number of carboxylic acids is 1. The SMILES string of the molecule is CC(C)CC(C)N(C)C(=O)C1CC=CCC1C(=O)O. The van der Waals surface area contributed by atoms with Crippen molar-refractivity contribution in [3.63, 3.8) is 0 Å². The number of amides is 1. The Morgan fingerprint density at radius 1 is 1.21 bits per heavy atom. The molecule has 4 heteroatoms. The summed E-state index contributed by atoms with van der Waals surface area (Å²) in [4.78, 5) is 25.4. The number of carboxylic acid groups (broad SMARTS) is 1. The number of hydrogen-bond donors (Lipinski definition) is 1. The van der Waals surface area contributed by atoms with Crippen LogP contribution in [0.2, 0.25) is 0 Å². The second-order valence-electron chi connectivity index (χ2n) is 5.92. The van der Waals surface area contributed by atoms with Gasteiger partial charge in [0.2, 0.25) is 5.91 Å². The molecule has 0 radical (unpaired) electrons. The molecule has 0 saturated heterocycles. The van der Waals surface area contributed by atoms with Crippen molar-refractivity contribution in [2.24, 2.45) is 17.8 Å². The number of carbonyl (C=O) groups excluding carboxylic acids is 1. The average molecular weight is 267 g/mol. The zero-order valence-corrected chi connectivity index (χ0v) is 12.3. The molecule has 1 N–H and O–H groups in total. The van der Waals surface area contributed by atoms with E-state index in [0.717, 1.165) is 6.42 Å². The fraction of sp³-hybridized carbons (Fsp3) is 0.733. The minimum absolute atomic E-state index is 0.0371. The number of nitrogens with zero attached hydrogens (tertiary/aromatic N) is 1. The van der Waals surface area contributed by atoms with Crippen LogP contribution in [-0.4, -0.2) is 35.0 Å². The van der Waals surface area contributed by atoms with Crippen LogP contribution in [0.3, 0.4) is 0 Å². The van der Waals surface area contributed by atoms with Crippen LogP contribution in [-0.2, 0) is 9.59 Å². The van der Waals surface area contributed by atoms with Crippen LogP contribution in [0.4, 0.5) is 0 Å². The van der Waals surface area contributed by atoms with E-state index >= 15 is 0 Å². The van der Waals surface area contributed by atoms with E-state index in [1.165, 1.54) is 0 Å². The summed E-state index contributed by atoms with van der Waals surface area (Å²) in [6, 6.07) is 0.146. The van der Waals surface area contributed by atoms with Gasteiger partial charge in [0, 0.05) is 13.1 Å². The van der Waals surface area contributed by atoms with Crippen molar-refractivity contribution in [2.45, 2.75) is 46.1 Å². The second-order valence-corrected chi connectivity index (χ2v) is 5.92. The Kier molecular flexibility index (Phi) is 5.58. The molecule has 3 unspecified atom stereocenters. The summed E-state index contributed by atoms with van der Waals surface area (Å²) < 4.78 is 0. The third-order valence-corrected chi connectivity index (χ3v) is 3.89. The summed E-state index contributed by atoms with van der Waals surface area (Å²) in [5.74, 6) is -1.38. The monoisotopic (exact) mass is 267 g/mol. The fourth-order valence-corrected chi connectivity index (χ4v) is 2.68. The van der Waals surface area contributed by atoms with Crippen LogP contribution in [0.25, 0.3) is 0 Å². The largest absolute Gasteiger partial charge is 0.481 e. The van der Waals surface area contributed by atoms with Crippen LogP contribution in [0.15, 0.2) is 12.2 Å². The van der Waals surface area contributed by atoms with E-state index in [9.17, 15) is 14.7 Å². The van der Waals surface area contributed by atoms with Gasteiger partial charge < -0.3 is 10.0 Å². The Morgan fingerprint density at radius 2 is 1.74 bits per heavy atom. The summed E-state index contributed by atoms with van der Waals surface area (Å²) in [6.45, 7) is 6.27. The lowest BCUT2D eigenvalue weighted by Crippen LogP contribution is -2.44. The van der Waals surface area contributed by atoms with Crippen LogP contribution in [0, 0.1) is 17.8 Å². The Labute approximate surface area is 115 Å². The van der Waals surface area contributed by atoms with Crippen LogP contribution in [0.1, 0.15) is 40.0 Å². The Bertz CT molecular complexity index is 362. The third-order valence-electron chi connectivity index (χ3n) is 3.89. The molecule has 19 heavy (non-hydrogen) atoms. The Balaban J connectivity index is 2.74. The molecular weight excluding hydrogens is 242 g/mol. The molecule has 4 nitrogen and oxygen atoms in total. The van der Waals surface area contributed by atoms with Gasteiger partial charge in [0.15, 0.2) is 0 Å². The van der Waals surface area contributed by atoms with Gasteiger partial charge in [-0.25, -0.2) is 0 Å². The number of carbonyl (C=O) groups is 2. The van der Waals surface area contributed by atoms with E-state index in [2.05, 4.69) is 13.8 Å². The van der Waals surface area contributed by atoms with E-state index in [0.29, 0.717) is 18.8 Å². The first-order chi connectivity index (χ1) is 8.84. The lowest BCUT2D eigenvalue weighted by Gasteiger charge is -2.32. The minimum Gasteiger partial charge on any atom is -0.481 e. The van der Waals surface area contributed by atoms with Gasteiger partial charge in [-0.1, -0.05) is 26.0 Å². The van der Waals surface area contributed by atoms with Gasteiger partial charge in [-0.05, 0) is 32.1 Å². The molecule has 0 aromatic heterocycles. The predicted molar refractivity (Wildman–Crippen MR) is 74.7 cm³/mol. The highest BCUT2D eigenvalue weighted by Gasteiger charge is 2.36. The predicted octanol–water partition coefficient (Wildman–Crippen LogP) is 2.55. The summed E-state index contributed by atoms with van der Waals surface area (Å²) in [7, 11) is 1.78. The fourth-order valence-electron chi connectivity index (χ4n) is 2.68. The number of rotatable bonds is 5. The molecule has 0 aromatic carbocycles. The molecule has 108 valence electrons. The smallest absolute Gasteiger partial charge is 0.307 e. The van der Waals surface area contributed by atoms with Crippen molar-refractivity contribution >= 4 is 11.9 Å². The maximum absolute atomic E-state index is 12.5. The van der Waals surface area contributed by atoms with Crippen molar-refractivity contribution in [1.82, 2.24) is 4.90 Å². The molecule has 0 bridgehead atoms. The molecular formula is C15H25NO3. The van der Waals surface area contributed by atoms with Gasteiger partial charge in [-0.3, -0.25) is 9.59 Å². The first-order valence-electron chi connectivity index (χ1n) is 6.99. The minimum atomic E-state index is -0.868. The quantitative estimate of drug-likeness (QED) is 0.779. The van der Waals surface area contributed by atoms with E-state index in [-0.39, 0.29) is 11.9 Å². The van der Waals surface area contributed by atoms with Gasteiger partial charge in [0.05, 0.1) is 11.8 Å². The summed E-state index contributed by atoms with van der Waals surface area (Å²) in [5, 5.41) is 9.22. The standard InChI is InChI=1S/C15H25NO3/c1-10(2)9-11(3)16(4)14(17)12-7-5-6-8-13(12)15(18)19/h5-6,10-13H,7-9H2,1-4H3,(H,18,19). The molecule has 0 aromatic rings. The molecule has 1 aliphatic carbocycles. The van der Waals surface area contributed by atoms with Crippen LogP contribution >= 0.6 is 0 Å². The molecule has 1 aliphatic rings. The highest BCUT2D eigenvalue weighted by molar-refractivity contribution is 5.85. The molecule has 0 fully saturated rings. The highest BCUT2D eigenvalue weighted by Crippen LogP contribution is 2.28. The van der Waals surface area contributed by atoms with Crippen LogP contribution in [0.5, 0.6) is 0 Å². The molecule has 3 atom stereocenters. The van der Waals surface area contributed by atoms with Gasteiger partial charge in [-0.15, -0.1) is 0 Å². The Hall–Kier alpha value is -1.32. The number of allylic oxidation sites excluding steroid dienone is 2. The normalized spacial score (nSPS) is 24.3. The summed E-state index contributed by atoms with van der Waals surface area (Å²) in [5.41, 5.74) is 0. The third kappa shape index (κ3) is 4.08. The molecule has 0 heterocycles. The van der Waals surface area contributed by atoms with Gasteiger partial charge >= 0.3 is 5.97 Å². The van der Waals surface area contributed by atoms with Crippen LogP contribution < -0.4 is 0 Å². The zero-order chi connectivity index (χ0) is 14.6. The molecule has 0 saturated carbocycles. The maximum atomic E-state index is 12.5. The van der Waals surface area contributed by atoms with E-state index in [4.69, 9.17) is 0 Å². The van der Waals surface area contributed by atoms with Crippen molar-refractivity contribution in [3.8, 4) is 0 Å². The molecule has 1 rings (SSSR count). The van der Waals surface area contributed by atoms with Crippen molar-refractivity contribution < 1.29 is 14.7 Å². The Morgan fingerprint density at radius 3 is 2.21 bits per heavy atom. The lowest BCUT2D eigenvalue weighted by atomic mass is 9.82. The maximum Gasteiger partial charge on any atom is 0.307 e. The van der Waals surface area contributed by atoms with Gasteiger partial charge in [0.25, 0.3) is 0 Å². The van der Waals surface area contributed by atoms with Gasteiger partial charge in [0.1, 0.15) is 0 Å².